The quantitative estimate of drug-likeness (QED) is 0.622. The first kappa shape index (κ1) is 16.2. The van der Waals surface area contributed by atoms with Gasteiger partial charge in [-0.05, 0) is 36.4 Å². The average molecular weight is 414 g/mol. The van der Waals surface area contributed by atoms with Crippen LogP contribution < -0.4 is 0 Å². The van der Waals surface area contributed by atoms with Crippen molar-refractivity contribution in [1.29, 1.82) is 0 Å². The largest absolute Gasteiger partial charge is 0.340 e. The number of imidazole rings is 1. The van der Waals surface area contributed by atoms with Crippen LogP contribution >= 0.6 is 27.7 Å². The number of aromatic nitrogens is 2. The Labute approximate surface area is 156 Å². The summed E-state index contributed by atoms with van der Waals surface area (Å²) in [4.78, 5) is 23.5. The van der Waals surface area contributed by atoms with Crippen molar-refractivity contribution in [3.63, 3.8) is 0 Å². The Kier molecular flexibility index (Phi) is 4.46. The number of rotatable bonds is 4. The number of para-hydroxylation sites is 2. The molecule has 0 spiro atoms. The van der Waals surface area contributed by atoms with E-state index in [4.69, 9.17) is 0 Å². The van der Waals surface area contributed by atoms with Gasteiger partial charge in [-0.15, -0.1) is 0 Å². The molecule has 1 aliphatic heterocycles. The Morgan fingerprint density at radius 1 is 1.16 bits per heavy atom. The summed E-state index contributed by atoms with van der Waals surface area (Å²) in [5.74, 6) is 0.808. The van der Waals surface area contributed by atoms with Gasteiger partial charge in [-0.25, -0.2) is 9.98 Å². The number of thioether (sulfide) groups is 1. The smallest absolute Gasteiger partial charge is 0.256 e. The fourth-order valence-electron chi connectivity index (χ4n) is 2.42. The Balaban J connectivity index is 1.72. The molecule has 1 unspecified atom stereocenters. The first-order valence-electron chi connectivity index (χ1n) is 7.54. The highest BCUT2D eigenvalue weighted by Crippen LogP contribution is 2.30. The molecule has 25 heavy (non-hydrogen) atoms. The fourth-order valence-corrected chi connectivity index (χ4v) is 3.50. The molecule has 0 aliphatic carbocycles. The van der Waals surface area contributed by atoms with Crippen molar-refractivity contribution in [2.24, 2.45) is 15.2 Å². The Bertz CT molecular complexity index is 963. The van der Waals surface area contributed by atoms with Crippen LogP contribution in [0.3, 0.4) is 0 Å². The summed E-state index contributed by atoms with van der Waals surface area (Å²) in [5, 5.41) is 9.34. The maximum Gasteiger partial charge on any atom is 0.256 e. The van der Waals surface area contributed by atoms with Crippen molar-refractivity contribution in [2.45, 2.75) is 6.04 Å². The number of benzene rings is 2. The van der Waals surface area contributed by atoms with Crippen LogP contribution in [0.2, 0.25) is 0 Å². The average Bonchev–Trinajstić information content (AvgIpc) is 3.23. The minimum atomic E-state index is -0.521. The van der Waals surface area contributed by atoms with Crippen molar-refractivity contribution in [1.82, 2.24) is 9.97 Å². The van der Waals surface area contributed by atoms with Crippen molar-refractivity contribution >= 4 is 55.4 Å². The van der Waals surface area contributed by atoms with Crippen LogP contribution in [0.15, 0.2) is 68.2 Å². The molecule has 1 aliphatic rings. The molecule has 2 aromatic carbocycles. The molecular weight excluding hydrogens is 402 g/mol. The lowest BCUT2D eigenvalue weighted by Gasteiger charge is -2.07. The van der Waals surface area contributed by atoms with Gasteiger partial charge in [0.25, 0.3) is 5.91 Å². The van der Waals surface area contributed by atoms with Crippen molar-refractivity contribution in [3.05, 3.63) is 58.8 Å². The number of carbonyl (C=O) groups excluding carboxylic acids is 1. The van der Waals surface area contributed by atoms with Crippen LogP contribution in [0, 0.1) is 0 Å². The van der Waals surface area contributed by atoms with Crippen LogP contribution in [-0.4, -0.2) is 26.7 Å². The topological polar surface area (TPSA) is 82.8 Å². The van der Waals surface area contributed by atoms with Gasteiger partial charge >= 0.3 is 0 Å². The minimum absolute atomic E-state index is 0.153. The number of carbonyl (C=O) groups is 1. The van der Waals surface area contributed by atoms with Crippen LogP contribution in [0.5, 0.6) is 0 Å². The fraction of sp³-hybridized carbons (Fsp3) is 0.118. The standard InChI is InChI=1S/C17H12BrN5OS/c18-10-5-7-11(8-6-10)22-23-15(17-21-14(24)9-25-17)16-19-12-3-1-2-4-13(12)20-16/h1-8,15H,9H2,(H,19,20). The third-order valence-electron chi connectivity index (χ3n) is 3.59. The van der Waals surface area contributed by atoms with E-state index in [1.54, 1.807) is 0 Å². The number of H-pyrrole nitrogens is 1. The highest BCUT2D eigenvalue weighted by atomic mass is 79.9. The zero-order valence-corrected chi connectivity index (χ0v) is 15.3. The zero-order chi connectivity index (χ0) is 17.2. The summed E-state index contributed by atoms with van der Waals surface area (Å²) in [6.07, 6.45) is 0. The van der Waals surface area contributed by atoms with Crippen molar-refractivity contribution in [2.75, 3.05) is 5.75 Å². The van der Waals surface area contributed by atoms with Crippen LogP contribution in [-0.2, 0) is 4.79 Å². The van der Waals surface area contributed by atoms with E-state index in [1.807, 2.05) is 48.5 Å². The summed E-state index contributed by atoms with van der Waals surface area (Å²) < 4.78 is 0.974. The molecule has 0 saturated heterocycles. The lowest BCUT2D eigenvalue weighted by atomic mass is 10.3. The van der Waals surface area contributed by atoms with E-state index in [1.165, 1.54) is 11.8 Å². The summed E-state index contributed by atoms with van der Waals surface area (Å²) >= 11 is 4.78. The van der Waals surface area contributed by atoms with E-state index in [-0.39, 0.29) is 5.91 Å². The van der Waals surface area contributed by atoms with Gasteiger partial charge in [-0.1, -0.05) is 39.8 Å². The van der Waals surface area contributed by atoms with Gasteiger partial charge in [0.1, 0.15) is 10.9 Å². The molecule has 0 radical (unpaired) electrons. The normalized spacial score (nSPS) is 15.9. The zero-order valence-electron chi connectivity index (χ0n) is 12.9. The van der Waals surface area contributed by atoms with Gasteiger partial charge in [-0.2, -0.15) is 10.2 Å². The molecule has 0 fully saturated rings. The number of azo groups is 1. The second-order valence-corrected chi connectivity index (χ2v) is 7.28. The number of fused-ring (bicyclic) bond motifs is 1. The Morgan fingerprint density at radius 2 is 1.96 bits per heavy atom. The molecule has 2 heterocycles. The lowest BCUT2D eigenvalue weighted by Crippen LogP contribution is -2.06. The number of amides is 1. The number of aliphatic imine (C=N–C) groups is 1. The second kappa shape index (κ2) is 6.89. The van der Waals surface area contributed by atoms with E-state index < -0.39 is 6.04 Å². The van der Waals surface area contributed by atoms with Gasteiger partial charge in [-0.3, -0.25) is 4.79 Å². The molecular formula is C17H12BrN5OS. The SMILES string of the molecule is O=C1CSC(C(N=Nc2ccc(Br)cc2)c2nc3ccccc3[nH]2)=N1. The molecule has 6 nitrogen and oxygen atoms in total. The predicted octanol–water partition coefficient (Wildman–Crippen LogP) is 4.82. The van der Waals surface area contributed by atoms with Gasteiger partial charge in [0.05, 0.1) is 22.5 Å². The number of nitrogens with zero attached hydrogens (tertiary/aromatic N) is 4. The van der Waals surface area contributed by atoms with Gasteiger partial charge in [0.2, 0.25) is 0 Å². The maximum absolute atomic E-state index is 11.6. The summed E-state index contributed by atoms with van der Waals surface area (Å²) in [6, 6.07) is 14.7. The highest BCUT2D eigenvalue weighted by Gasteiger charge is 2.27. The first-order valence-corrected chi connectivity index (χ1v) is 9.32. The maximum atomic E-state index is 11.6. The van der Waals surface area contributed by atoms with Crippen LogP contribution in [0.4, 0.5) is 5.69 Å². The second-order valence-electron chi connectivity index (χ2n) is 5.37. The molecule has 8 heteroatoms. The van der Waals surface area contributed by atoms with E-state index in [0.29, 0.717) is 16.6 Å². The molecule has 1 aromatic heterocycles. The van der Waals surface area contributed by atoms with Crippen molar-refractivity contribution in [3.8, 4) is 0 Å². The molecule has 1 amide bonds. The van der Waals surface area contributed by atoms with Gasteiger partial charge < -0.3 is 4.98 Å². The summed E-state index contributed by atoms with van der Waals surface area (Å²) in [6.45, 7) is 0. The highest BCUT2D eigenvalue weighted by molar-refractivity contribution is 9.10. The van der Waals surface area contributed by atoms with E-state index >= 15 is 0 Å². The number of aromatic amines is 1. The third-order valence-corrected chi connectivity index (χ3v) is 5.12. The Morgan fingerprint density at radius 3 is 2.68 bits per heavy atom. The molecule has 0 bridgehead atoms. The number of hydrogen-bond acceptors (Lipinski definition) is 5. The Hall–Kier alpha value is -2.32. The molecule has 4 rings (SSSR count). The molecule has 1 N–H and O–H groups in total. The van der Waals surface area contributed by atoms with E-state index in [2.05, 4.69) is 41.1 Å². The minimum Gasteiger partial charge on any atom is -0.340 e. The number of nitrogens with one attached hydrogen (secondary N) is 1. The van der Waals surface area contributed by atoms with E-state index in [9.17, 15) is 4.79 Å². The van der Waals surface area contributed by atoms with Crippen molar-refractivity contribution < 1.29 is 4.79 Å². The van der Waals surface area contributed by atoms with Crippen LogP contribution in [0.1, 0.15) is 11.9 Å². The van der Waals surface area contributed by atoms with E-state index in [0.717, 1.165) is 21.2 Å². The predicted molar refractivity (Wildman–Crippen MR) is 102 cm³/mol. The first-order chi connectivity index (χ1) is 12.2. The monoisotopic (exact) mass is 413 g/mol. The molecule has 3 aromatic rings. The van der Waals surface area contributed by atoms with Gasteiger partial charge in [0, 0.05) is 4.47 Å². The summed E-state index contributed by atoms with van der Waals surface area (Å²) in [7, 11) is 0. The molecule has 0 saturated carbocycles. The number of halogens is 1. The third kappa shape index (κ3) is 3.54. The molecule has 124 valence electrons. The van der Waals surface area contributed by atoms with Gasteiger partial charge in [0.15, 0.2) is 6.04 Å². The molecule has 1 atom stereocenters. The summed E-state index contributed by atoms with van der Waals surface area (Å²) in [5.41, 5.74) is 2.48. The lowest BCUT2D eigenvalue weighted by molar-refractivity contribution is -0.115. The number of hydrogen-bond donors (Lipinski definition) is 1. The van der Waals surface area contributed by atoms with Crippen LogP contribution in [0.25, 0.3) is 11.0 Å².